The lowest BCUT2D eigenvalue weighted by molar-refractivity contribution is -0.142. The summed E-state index contributed by atoms with van der Waals surface area (Å²) in [6.07, 6.45) is 0. The van der Waals surface area contributed by atoms with Gasteiger partial charge in [-0.15, -0.1) is 0 Å². The summed E-state index contributed by atoms with van der Waals surface area (Å²) in [6.45, 7) is 13.4. The van der Waals surface area contributed by atoms with Crippen molar-refractivity contribution in [2.24, 2.45) is 0 Å². The molecule has 1 heterocycles. The van der Waals surface area contributed by atoms with Crippen LogP contribution in [0, 0.1) is 0 Å². The van der Waals surface area contributed by atoms with Gasteiger partial charge >= 0.3 is 5.97 Å². The largest absolute Gasteiger partial charge is 0.480 e. The van der Waals surface area contributed by atoms with Crippen LogP contribution in [0.25, 0.3) is 11.1 Å². The number of benzene rings is 2. The van der Waals surface area contributed by atoms with Gasteiger partial charge in [-0.3, -0.25) is 9.69 Å². The number of carbonyl (C=O) groups is 1. The van der Waals surface area contributed by atoms with Crippen LogP contribution < -0.4 is 0 Å². The maximum absolute atomic E-state index is 13.3. The van der Waals surface area contributed by atoms with Crippen molar-refractivity contribution in [2.45, 2.75) is 75.9 Å². The molecule has 1 saturated heterocycles. The van der Waals surface area contributed by atoms with Crippen LogP contribution in [0.2, 0.25) is 0 Å². The van der Waals surface area contributed by atoms with E-state index in [1.165, 1.54) is 17.3 Å². The lowest BCUT2D eigenvalue weighted by Crippen LogP contribution is -2.58. The molecular formula is C26H36N2O4S2. The fourth-order valence-electron chi connectivity index (χ4n) is 4.56. The molecule has 0 radical (unpaired) electrons. The Morgan fingerprint density at radius 2 is 1.53 bits per heavy atom. The van der Waals surface area contributed by atoms with Crippen LogP contribution in [0.1, 0.15) is 47.1 Å². The predicted molar refractivity (Wildman–Crippen MR) is 140 cm³/mol. The minimum Gasteiger partial charge on any atom is -0.480 e. The second-order valence-electron chi connectivity index (χ2n) is 9.89. The summed E-state index contributed by atoms with van der Waals surface area (Å²) in [7, 11) is -3.93. The minimum absolute atomic E-state index is 0.117. The van der Waals surface area contributed by atoms with Crippen LogP contribution in [-0.2, 0) is 21.4 Å². The minimum atomic E-state index is -3.93. The fourth-order valence-corrected chi connectivity index (χ4v) is 7.66. The molecule has 0 aromatic heterocycles. The van der Waals surface area contributed by atoms with Gasteiger partial charge in [0, 0.05) is 35.7 Å². The molecule has 2 aromatic rings. The van der Waals surface area contributed by atoms with Crippen LogP contribution >= 0.6 is 11.8 Å². The number of thioether (sulfide) groups is 1. The quantitative estimate of drug-likeness (QED) is 0.549. The van der Waals surface area contributed by atoms with Crippen molar-refractivity contribution in [2.75, 3.05) is 12.3 Å². The summed E-state index contributed by atoms with van der Waals surface area (Å²) in [4.78, 5) is 14.5. The van der Waals surface area contributed by atoms with Crippen molar-refractivity contribution in [1.29, 1.82) is 0 Å². The smallest absolute Gasteiger partial charge is 0.323 e. The van der Waals surface area contributed by atoms with Gasteiger partial charge in [-0.25, -0.2) is 8.42 Å². The molecule has 1 unspecified atom stereocenters. The van der Waals surface area contributed by atoms with Crippen molar-refractivity contribution < 1.29 is 18.3 Å². The molecule has 0 spiro atoms. The van der Waals surface area contributed by atoms with Gasteiger partial charge in [0.25, 0.3) is 0 Å². The van der Waals surface area contributed by atoms with E-state index in [9.17, 15) is 18.3 Å². The van der Waals surface area contributed by atoms with E-state index in [2.05, 4.69) is 56.9 Å². The molecule has 6 nitrogen and oxygen atoms in total. The maximum Gasteiger partial charge on any atom is 0.323 e. The van der Waals surface area contributed by atoms with E-state index >= 15 is 0 Å². The highest BCUT2D eigenvalue weighted by molar-refractivity contribution is 8.00. The zero-order valence-electron chi connectivity index (χ0n) is 20.9. The number of nitrogens with zero attached hydrogens (tertiary/aromatic N) is 2. The highest BCUT2D eigenvalue weighted by Crippen LogP contribution is 2.38. The Morgan fingerprint density at radius 3 is 2.00 bits per heavy atom. The Bertz CT molecular complexity index is 1090. The van der Waals surface area contributed by atoms with Crippen molar-refractivity contribution in [3.8, 4) is 11.1 Å². The molecule has 1 fully saturated rings. The van der Waals surface area contributed by atoms with Crippen LogP contribution in [0.3, 0.4) is 0 Å². The summed E-state index contributed by atoms with van der Waals surface area (Å²) < 4.78 is 27.1. The van der Waals surface area contributed by atoms with E-state index in [0.29, 0.717) is 17.8 Å². The van der Waals surface area contributed by atoms with Crippen LogP contribution in [-0.4, -0.2) is 63.9 Å². The van der Waals surface area contributed by atoms with Crippen LogP contribution in [0.4, 0.5) is 0 Å². The third-order valence-corrected chi connectivity index (χ3v) is 9.64. The van der Waals surface area contributed by atoms with Crippen molar-refractivity contribution in [3.05, 3.63) is 54.1 Å². The van der Waals surface area contributed by atoms with Gasteiger partial charge in [0.05, 0.1) is 4.90 Å². The summed E-state index contributed by atoms with van der Waals surface area (Å²) in [5.41, 5.74) is 3.15. The maximum atomic E-state index is 13.3. The number of carboxylic acid groups (broad SMARTS) is 1. The van der Waals surface area contributed by atoms with Gasteiger partial charge < -0.3 is 5.11 Å². The Morgan fingerprint density at radius 1 is 1.03 bits per heavy atom. The molecule has 0 bridgehead atoms. The van der Waals surface area contributed by atoms with E-state index in [0.717, 1.165) is 22.0 Å². The molecule has 1 N–H and O–H groups in total. The predicted octanol–water partition coefficient (Wildman–Crippen LogP) is 4.94. The van der Waals surface area contributed by atoms with Gasteiger partial charge in [-0.1, -0.05) is 36.4 Å². The number of hydrogen-bond acceptors (Lipinski definition) is 5. The van der Waals surface area contributed by atoms with E-state index in [4.69, 9.17) is 0 Å². The number of sulfonamides is 1. The molecule has 0 saturated carbocycles. The second kappa shape index (κ2) is 10.4. The fraction of sp³-hybridized carbons (Fsp3) is 0.500. The Labute approximate surface area is 208 Å². The lowest BCUT2D eigenvalue weighted by Gasteiger charge is -2.42. The van der Waals surface area contributed by atoms with E-state index in [1.807, 2.05) is 0 Å². The first kappa shape index (κ1) is 26.7. The van der Waals surface area contributed by atoms with Gasteiger partial charge in [0.15, 0.2) is 0 Å². The molecule has 34 heavy (non-hydrogen) atoms. The zero-order valence-corrected chi connectivity index (χ0v) is 22.5. The van der Waals surface area contributed by atoms with Crippen molar-refractivity contribution in [3.63, 3.8) is 0 Å². The molecule has 1 aliphatic heterocycles. The topological polar surface area (TPSA) is 77.9 Å². The van der Waals surface area contributed by atoms with Gasteiger partial charge in [0.1, 0.15) is 6.04 Å². The highest BCUT2D eigenvalue weighted by atomic mass is 32.2. The summed E-state index contributed by atoms with van der Waals surface area (Å²) in [5, 5.41) is 9.76. The van der Waals surface area contributed by atoms with Crippen molar-refractivity contribution >= 4 is 27.8 Å². The third kappa shape index (κ3) is 5.67. The third-order valence-electron chi connectivity index (χ3n) is 6.41. The molecule has 8 heteroatoms. The number of rotatable bonds is 8. The molecule has 1 atom stereocenters. The summed E-state index contributed by atoms with van der Waals surface area (Å²) in [6, 6.07) is 14.9. The molecule has 1 aliphatic rings. The summed E-state index contributed by atoms with van der Waals surface area (Å²) in [5.74, 6) is -0.558. The highest BCUT2D eigenvalue weighted by Gasteiger charge is 2.48. The monoisotopic (exact) mass is 504 g/mol. The van der Waals surface area contributed by atoms with E-state index in [1.54, 1.807) is 38.1 Å². The zero-order chi connectivity index (χ0) is 25.3. The molecule has 2 aromatic carbocycles. The molecular weight excluding hydrogens is 468 g/mol. The Kier molecular flexibility index (Phi) is 8.18. The summed E-state index contributed by atoms with van der Waals surface area (Å²) >= 11 is 1.49. The first-order valence-electron chi connectivity index (χ1n) is 11.7. The first-order chi connectivity index (χ1) is 15.8. The average molecular weight is 505 g/mol. The first-order valence-corrected chi connectivity index (χ1v) is 14.1. The molecule has 0 amide bonds. The number of hydrogen-bond donors (Lipinski definition) is 1. The molecule has 0 aliphatic carbocycles. The van der Waals surface area contributed by atoms with Gasteiger partial charge in [-0.05, 0) is 70.4 Å². The average Bonchev–Trinajstić information content (AvgIpc) is 2.76. The van der Waals surface area contributed by atoms with Crippen LogP contribution in [0.5, 0.6) is 0 Å². The van der Waals surface area contributed by atoms with E-state index < -0.39 is 26.8 Å². The van der Waals surface area contributed by atoms with E-state index in [-0.39, 0.29) is 11.4 Å². The number of aliphatic carboxylic acids is 1. The second-order valence-corrected chi connectivity index (χ2v) is 13.5. The van der Waals surface area contributed by atoms with Crippen LogP contribution in [0.15, 0.2) is 53.4 Å². The normalized spacial score (nSPS) is 19.1. The van der Waals surface area contributed by atoms with Gasteiger partial charge in [0.2, 0.25) is 10.0 Å². The van der Waals surface area contributed by atoms with Gasteiger partial charge in [-0.2, -0.15) is 16.1 Å². The molecule has 186 valence electrons. The standard InChI is InChI=1S/C26H36N2O4S2/c1-18(2)27(19(3)4)17-20-7-9-21(10-8-20)22-11-13-23(14-12-22)34(31,32)28-15-16-33-26(5,6)24(28)25(29)30/h7-14,18-19,24H,15-17H2,1-6H3,(H,29,30). The SMILES string of the molecule is CC(C)N(Cc1ccc(-c2ccc(S(=O)(=O)N3CCSC(C)(C)C3C(=O)O)cc2)cc1)C(C)C. The Balaban J connectivity index is 1.81. The van der Waals surface area contributed by atoms with Crippen molar-refractivity contribution in [1.82, 2.24) is 9.21 Å². The molecule has 3 rings (SSSR count). The lowest BCUT2D eigenvalue weighted by atomic mass is 10.0. The number of carboxylic acids is 1. The Hall–Kier alpha value is -1.87.